The van der Waals surface area contributed by atoms with Gasteiger partial charge in [-0.1, -0.05) is 12.1 Å². The summed E-state index contributed by atoms with van der Waals surface area (Å²) in [4.78, 5) is 8.83. The van der Waals surface area contributed by atoms with Gasteiger partial charge in [-0.3, -0.25) is 4.90 Å². The molecule has 3 aromatic rings. The van der Waals surface area contributed by atoms with Crippen molar-refractivity contribution in [3.05, 3.63) is 66.0 Å². The first-order valence-electron chi connectivity index (χ1n) is 12.4. The summed E-state index contributed by atoms with van der Waals surface area (Å²) in [6.45, 7) is 6.70. The van der Waals surface area contributed by atoms with Crippen LogP contribution >= 0.6 is 11.3 Å². The molecule has 2 fully saturated rings. The molecule has 11 heteroatoms. The fourth-order valence-corrected chi connectivity index (χ4v) is 7.85. The highest BCUT2D eigenvalue weighted by molar-refractivity contribution is 7.91. The van der Waals surface area contributed by atoms with E-state index in [1.807, 2.05) is 12.3 Å². The molecule has 5 rings (SSSR count). The lowest BCUT2D eigenvalue weighted by atomic mass is 10.1. The lowest BCUT2D eigenvalue weighted by Gasteiger charge is -2.34. The van der Waals surface area contributed by atoms with Gasteiger partial charge in [-0.2, -0.15) is 4.31 Å². The van der Waals surface area contributed by atoms with Gasteiger partial charge in [-0.15, -0.1) is 11.3 Å². The molecule has 4 heterocycles. The number of halogens is 1. The number of rotatable bonds is 7. The molecule has 0 radical (unpaired) electrons. The largest absolute Gasteiger partial charge is 0.363 e. The molecule has 194 valence electrons. The molecule has 1 atom stereocenters. The van der Waals surface area contributed by atoms with Gasteiger partial charge in [0.15, 0.2) is 0 Å². The van der Waals surface area contributed by atoms with E-state index in [1.165, 1.54) is 23.5 Å². The molecule has 2 saturated heterocycles. The summed E-state index contributed by atoms with van der Waals surface area (Å²) in [5.74, 6) is -0.250. The minimum Gasteiger partial charge on any atom is -0.363 e. The third kappa shape index (κ3) is 5.35. The van der Waals surface area contributed by atoms with Crippen LogP contribution in [0.1, 0.15) is 37.1 Å². The molecule has 0 aliphatic carbocycles. The van der Waals surface area contributed by atoms with Crippen molar-refractivity contribution in [2.45, 2.75) is 42.6 Å². The van der Waals surface area contributed by atoms with E-state index in [0.29, 0.717) is 36.9 Å². The first-order valence-corrected chi connectivity index (χ1v) is 14.7. The number of anilines is 1. The predicted octanol–water partition coefficient (Wildman–Crippen LogP) is 3.13. The van der Waals surface area contributed by atoms with E-state index in [9.17, 15) is 12.8 Å². The van der Waals surface area contributed by atoms with Crippen LogP contribution in [-0.2, 0) is 16.6 Å². The number of hydrogen-bond donors (Lipinski definition) is 1. The Kier molecular flexibility index (Phi) is 7.45. The molecular formula is C25H33FN6O2S2. The highest BCUT2D eigenvalue weighted by Crippen LogP contribution is 2.33. The van der Waals surface area contributed by atoms with Crippen LogP contribution in [-0.4, -0.2) is 72.5 Å². The van der Waals surface area contributed by atoms with Crippen LogP contribution in [0.15, 0.2) is 53.1 Å². The summed E-state index contributed by atoms with van der Waals surface area (Å²) in [6.07, 6.45) is 5.52. The lowest BCUT2D eigenvalue weighted by molar-refractivity contribution is 0.178. The maximum atomic E-state index is 13.3. The molecule has 0 amide bonds. The molecule has 1 aromatic carbocycles. The number of piperazine rings is 1. The minimum absolute atomic E-state index is 0.0217. The van der Waals surface area contributed by atoms with Crippen LogP contribution in [0.3, 0.4) is 0 Å². The predicted molar refractivity (Wildman–Crippen MR) is 140 cm³/mol. The summed E-state index contributed by atoms with van der Waals surface area (Å²) >= 11 is 1.36. The van der Waals surface area contributed by atoms with Crippen molar-refractivity contribution in [2.75, 3.05) is 44.2 Å². The zero-order valence-corrected chi connectivity index (χ0v) is 22.1. The summed E-state index contributed by atoms with van der Waals surface area (Å²) < 4.78 is 44.1. The number of sulfonamides is 1. The second-order valence-electron chi connectivity index (χ2n) is 9.62. The molecule has 0 bridgehead atoms. The first kappa shape index (κ1) is 25.3. The van der Waals surface area contributed by atoms with Gasteiger partial charge in [-0.25, -0.2) is 17.8 Å². The van der Waals surface area contributed by atoms with Gasteiger partial charge in [-0.05, 0) is 49.6 Å². The number of hydrogen-bond acceptors (Lipinski definition) is 7. The average Bonchev–Trinajstić information content (AvgIpc) is 3.56. The van der Waals surface area contributed by atoms with E-state index in [-0.39, 0.29) is 17.9 Å². The number of imidazole rings is 1. The number of nitrogens with zero attached hydrogens (tertiary/aromatic N) is 5. The van der Waals surface area contributed by atoms with Crippen LogP contribution in [0, 0.1) is 5.82 Å². The van der Waals surface area contributed by atoms with E-state index in [4.69, 9.17) is 5.73 Å². The Bertz CT molecular complexity index is 1260. The fraction of sp³-hybridized carbons (Fsp3) is 0.480. The summed E-state index contributed by atoms with van der Waals surface area (Å²) in [6, 6.07) is 10.5. The highest BCUT2D eigenvalue weighted by Gasteiger charge is 2.31. The number of piperidine rings is 1. The molecular weight excluding hydrogens is 499 g/mol. The van der Waals surface area contributed by atoms with Crippen LogP contribution in [0.5, 0.6) is 0 Å². The third-order valence-electron chi connectivity index (χ3n) is 7.25. The fourth-order valence-electron chi connectivity index (χ4n) is 4.93. The van der Waals surface area contributed by atoms with Crippen LogP contribution < -0.4 is 10.6 Å². The third-order valence-corrected chi connectivity index (χ3v) is 10.8. The molecule has 0 saturated carbocycles. The van der Waals surface area contributed by atoms with Gasteiger partial charge >= 0.3 is 0 Å². The maximum absolute atomic E-state index is 13.3. The van der Waals surface area contributed by atoms with Crippen LogP contribution in [0.2, 0.25) is 0 Å². The van der Waals surface area contributed by atoms with Gasteiger partial charge < -0.3 is 15.2 Å². The van der Waals surface area contributed by atoms with Crippen LogP contribution in [0.4, 0.5) is 9.39 Å². The molecule has 0 spiro atoms. The molecule has 8 nitrogen and oxygen atoms in total. The van der Waals surface area contributed by atoms with Crippen molar-refractivity contribution in [1.29, 1.82) is 0 Å². The molecule has 2 aliphatic heterocycles. The minimum atomic E-state index is -3.51. The van der Waals surface area contributed by atoms with Gasteiger partial charge in [0.2, 0.25) is 0 Å². The molecule has 0 unspecified atom stereocenters. The van der Waals surface area contributed by atoms with E-state index < -0.39 is 10.0 Å². The maximum Gasteiger partial charge on any atom is 0.252 e. The molecule has 36 heavy (non-hydrogen) atoms. The Morgan fingerprint density at radius 3 is 2.44 bits per heavy atom. The standard InChI is InChI=1S/C25H33FN6O2S2/c1-19(20-2-4-21(26)5-3-20)32-18-28-16-23(32)17-29-12-14-31(15-13-29)36(33,34)25-7-6-24(35-25)30-10-8-22(27)9-11-30/h2-7,16,18-19,22H,8-15,17,27H2,1H3/t19-/m1/s1. The normalized spacial score (nSPS) is 19.6. The number of aromatic nitrogens is 2. The molecule has 2 N–H and O–H groups in total. The lowest BCUT2D eigenvalue weighted by Crippen LogP contribution is -2.48. The summed E-state index contributed by atoms with van der Waals surface area (Å²) in [5.41, 5.74) is 8.07. The molecule has 2 aliphatic rings. The zero-order valence-electron chi connectivity index (χ0n) is 20.5. The Balaban J connectivity index is 1.19. The Morgan fingerprint density at radius 2 is 1.75 bits per heavy atom. The SMILES string of the molecule is C[C@H](c1ccc(F)cc1)n1cncc1CN1CCN(S(=O)(=O)c2ccc(N3CCC(N)CC3)s2)CC1. The zero-order chi connectivity index (χ0) is 25.3. The summed E-state index contributed by atoms with van der Waals surface area (Å²) in [7, 11) is -3.51. The van der Waals surface area contributed by atoms with Gasteiger partial charge in [0.05, 0.1) is 23.1 Å². The van der Waals surface area contributed by atoms with Crippen LogP contribution in [0.25, 0.3) is 0 Å². The average molecular weight is 533 g/mol. The summed E-state index contributed by atoms with van der Waals surface area (Å²) in [5, 5.41) is 1.00. The monoisotopic (exact) mass is 532 g/mol. The van der Waals surface area contributed by atoms with E-state index in [0.717, 1.165) is 42.2 Å². The van der Waals surface area contributed by atoms with E-state index in [1.54, 1.807) is 28.8 Å². The number of benzene rings is 1. The van der Waals surface area contributed by atoms with Crippen molar-refractivity contribution >= 4 is 26.4 Å². The highest BCUT2D eigenvalue weighted by atomic mass is 32.2. The Labute approximate surface area is 216 Å². The number of nitrogens with two attached hydrogens (primary N) is 1. The topological polar surface area (TPSA) is 87.7 Å². The smallest absolute Gasteiger partial charge is 0.252 e. The second kappa shape index (κ2) is 10.6. The van der Waals surface area contributed by atoms with Crippen molar-refractivity contribution in [2.24, 2.45) is 5.73 Å². The Hall–Kier alpha value is -2.31. The van der Waals surface area contributed by atoms with Crippen molar-refractivity contribution in [3.63, 3.8) is 0 Å². The first-order chi connectivity index (χ1) is 17.3. The van der Waals surface area contributed by atoms with Gasteiger partial charge in [0, 0.05) is 58.1 Å². The van der Waals surface area contributed by atoms with Gasteiger partial charge in [0.1, 0.15) is 10.0 Å². The Morgan fingerprint density at radius 1 is 1.06 bits per heavy atom. The van der Waals surface area contributed by atoms with Crippen molar-refractivity contribution in [1.82, 2.24) is 18.8 Å². The van der Waals surface area contributed by atoms with E-state index in [2.05, 4.69) is 26.3 Å². The quantitative estimate of drug-likeness (QED) is 0.503. The molecule has 2 aromatic heterocycles. The van der Waals surface area contributed by atoms with Crippen molar-refractivity contribution in [3.8, 4) is 0 Å². The number of thiophene rings is 1. The van der Waals surface area contributed by atoms with Crippen molar-refractivity contribution < 1.29 is 12.8 Å². The van der Waals surface area contributed by atoms with Gasteiger partial charge in [0.25, 0.3) is 10.0 Å². The van der Waals surface area contributed by atoms with E-state index >= 15 is 0 Å². The second-order valence-corrected chi connectivity index (χ2v) is 12.8.